The van der Waals surface area contributed by atoms with Crippen molar-refractivity contribution in [2.45, 2.75) is 25.8 Å². The van der Waals surface area contributed by atoms with Crippen molar-refractivity contribution in [3.05, 3.63) is 35.4 Å². The molecule has 0 fully saturated rings. The molecule has 94 valence electrons. The topological polar surface area (TPSA) is 96.0 Å². The normalized spacial score (nSPS) is 13.2. The Morgan fingerprint density at radius 3 is 2.33 bits per heavy atom. The van der Waals surface area contributed by atoms with Gasteiger partial charge in [0.1, 0.15) is 5.54 Å². The Hall–Kier alpha value is -2.35. The van der Waals surface area contributed by atoms with Crippen LogP contribution in [0.4, 0.5) is 0 Å². The number of hydrogen-bond acceptors (Lipinski definition) is 3. The van der Waals surface area contributed by atoms with E-state index in [1.165, 1.54) is 12.1 Å². The summed E-state index contributed by atoms with van der Waals surface area (Å²) >= 11 is 0. The Balaban J connectivity index is 2.88. The van der Waals surface area contributed by atoms with Crippen molar-refractivity contribution in [3.8, 4) is 6.07 Å². The van der Waals surface area contributed by atoms with Gasteiger partial charge in [-0.1, -0.05) is 6.92 Å². The summed E-state index contributed by atoms with van der Waals surface area (Å²) in [5.41, 5.74) is 5.05. The van der Waals surface area contributed by atoms with E-state index in [9.17, 15) is 9.59 Å². The van der Waals surface area contributed by atoms with Gasteiger partial charge in [-0.2, -0.15) is 5.26 Å². The Bertz CT molecular complexity index is 502. The SMILES string of the molecule is CCC(C)(NC(=O)c1ccc(C#N)cc1)C(N)=O. The van der Waals surface area contributed by atoms with Gasteiger partial charge in [0.05, 0.1) is 11.6 Å². The van der Waals surface area contributed by atoms with Crippen LogP contribution in [0.25, 0.3) is 0 Å². The Morgan fingerprint density at radius 2 is 1.94 bits per heavy atom. The molecule has 3 N–H and O–H groups in total. The maximum atomic E-state index is 11.9. The van der Waals surface area contributed by atoms with Gasteiger partial charge in [0.25, 0.3) is 5.91 Å². The predicted molar refractivity (Wildman–Crippen MR) is 66.5 cm³/mol. The molecule has 1 unspecified atom stereocenters. The Labute approximate surface area is 106 Å². The fraction of sp³-hybridized carbons (Fsp3) is 0.308. The lowest BCUT2D eigenvalue weighted by Crippen LogP contribution is -2.54. The molecule has 18 heavy (non-hydrogen) atoms. The molecule has 1 aromatic rings. The fourth-order valence-corrected chi connectivity index (χ4v) is 1.34. The molecule has 0 aliphatic heterocycles. The molecule has 2 amide bonds. The molecule has 0 bridgehead atoms. The van der Waals surface area contributed by atoms with E-state index >= 15 is 0 Å². The Kier molecular flexibility index (Phi) is 4.05. The summed E-state index contributed by atoms with van der Waals surface area (Å²) in [5, 5.41) is 11.3. The van der Waals surface area contributed by atoms with Gasteiger partial charge >= 0.3 is 0 Å². The number of nitriles is 1. The average molecular weight is 245 g/mol. The van der Waals surface area contributed by atoms with Crippen LogP contribution in [0, 0.1) is 11.3 Å². The van der Waals surface area contributed by atoms with Crippen LogP contribution in [0.5, 0.6) is 0 Å². The molecule has 0 aliphatic carbocycles. The largest absolute Gasteiger partial charge is 0.368 e. The minimum Gasteiger partial charge on any atom is -0.368 e. The van der Waals surface area contributed by atoms with E-state index in [4.69, 9.17) is 11.0 Å². The quantitative estimate of drug-likeness (QED) is 0.826. The summed E-state index contributed by atoms with van der Waals surface area (Å²) in [6.45, 7) is 3.35. The minimum atomic E-state index is -1.06. The highest BCUT2D eigenvalue weighted by atomic mass is 16.2. The average Bonchev–Trinajstić information content (AvgIpc) is 2.38. The molecule has 0 saturated carbocycles. The second-order valence-electron chi connectivity index (χ2n) is 4.19. The van der Waals surface area contributed by atoms with Crippen molar-refractivity contribution >= 4 is 11.8 Å². The number of hydrogen-bond donors (Lipinski definition) is 2. The monoisotopic (exact) mass is 245 g/mol. The number of nitrogens with one attached hydrogen (secondary N) is 1. The van der Waals surface area contributed by atoms with Crippen molar-refractivity contribution < 1.29 is 9.59 Å². The van der Waals surface area contributed by atoms with Gasteiger partial charge in [0.2, 0.25) is 5.91 Å². The van der Waals surface area contributed by atoms with Gasteiger partial charge in [-0.05, 0) is 37.6 Å². The first-order valence-corrected chi connectivity index (χ1v) is 5.55. The molecule has 0 saturated heterocycles. The molecule has 0 heterocycles. The van der Waals surface area contributed by atoms with Gasteiger partial charge in [0, 0.05) is 5.56 Å². The minimum absolute atomic E-state index is 0.384. The first-order valence-electron chi connectivity index (χ1n) is 5.55. The zero-order valence-electron chi connectivity index (χ0n) is 10.4. The molecule has 1 atom stereocenters. The summed E-state index contributed by atoms with van der Waals surface area (Å²) in [5.74, 6) is -0.963. The zero-order valence-corrected chi connectivity index (χ0v) is 10.4. The third kappa shape index (κ3) is 2.86. The number of amides is 2. The van der Waals surface area contributed by atoms with E-state index < -0.39 is 11.4 Å². The lowest BCUT2D eigenvalue weighted by atomic mass is 9.97. The summed E-state index contributed by atoms with van der Waals surface area (Å²) < 4.78 is 0. The van der Waals surface area contributed by atoms with Crippen LogP contribution in [0.3, 0.4) is 0 Å². The van der Waals surface area contributed by atoms with Gasteiger partial charge in [-0.25, -0.2) is 0 Å². The molecule has 0 aromatic heterocycles. The molecule has 0 radical (unpaired) electrons. The molecular weight excluding hydrogens is 230 g/mol. The maximum absolute atomic E-state index is 11.9. The molecule has 1 rings (SSSR count). The number of carbonyl (C=O) groups is 2. The number of primary amides is 1. The van der Waals surface area contributed by atoms with Crippen molar-refractivity contribution in [1.82, 2.24) is 5.32 Å². The lowest BCUT2D eigenvalue weighted by molar-refractivity contribution is -0.123. The van der Waals surface area contributed by atoms with Crippen LogP contribution < -0.4 is 11.1 Å². The van der Waals surface area contributed by atoms with Crippen LogP contribution in [-0.4, -0.2) is 17.4 Å². The second kappa shape index (κ2) is 5.32. The van der Waals surface area contributed by atoms with E-state index in [-0.39, 0.29) is 5.91 Å². The molecular formula is C13H15N3O2. The highest BCUT2D eigenvalue weighted by Gasteiger charge is 2.30. The van der Waals surface area contributed by atoms with E-state index in [0.29, 0.717) is 17.5 Å². The van der Waals surface area contributed by atoms with E-state index in [2.05, 4.69) is 5.32 Å². The summed E-state index contributed by atoms with van der Waals surface area (Å²) in [6, 6.07) is 8.12. The standard InChI is InChI=1S/C13H15N3O2/c1-3-13(2,12(15)18)16-11(17)10-6-4-9(8-14)5-7-10/h4-7H,3H2,1-2H3,(H2,15,18)(H,16,17). The molecule has 5 heteroatoms. The summed E-state index contributed by atoms with van der Waals surface area (Å²) in [6.07, 6.45) is 0.407. The lowest BCUT2D eigenvalue weighted by Gasteiger charge is -2.25. The second-order valence-corrected chi connectivity index (χ2v) is 4.19. The third-order valence-electron chi connectivity index (χ3n) is 2.92. The van der Waals surface area contributed by atoms with Crippen LogP contribution in [0.15, 0.2) is 24.3 Å². The first-order chi connectivity index (χ1) is 8.42. The van der Waals surface area contributed by atoms with Gasteiger partial charge in [0.15, 0.2) is 0 Å². The van der Waals surface area contributed by atoms with Crippen molar-refractivity contribution in [2.75, 3.05) is 0 Å². The smallest absolute Gasteiger partial charge is 0.252 e. The Morgan fingerprint density at radius 1 is 1.39 bits per heavy atom. The molecule has 0 aliphatic rings. The van der Waals surface area contributed by atoms with Gasteiger partial charge in [-0.15, -0.1) is 0 Å². The summed E-state index contributed by atoms with van der Waals surface area (Å²) in [7, 11) is 0. The van der Waals surface area contributed by atoms with Crippen LogP contribution >= 0.6 is 0 Å². The number of benzene rings is 1. The highest BCUT2D eigenvalue weighted by molar-refractivity contribution is 5.98. The van der Waals surface area contributed by atoms with Crippen LogP contribution in [-0.2, 0) is 4.79 Å². The van der Waals surface area contributed by atoms with E-state index in [1.807, 2.05) is 6.07 Å². The number of carbonyl (C=O) groups excluding carboxylic acids is 2. The van der Waals surface area contributed by atoms with Crippen molar-refractivity contribution in [3.63, 3.8) is 0 Å². The molecule has 5 nitrogen and oxygen atoms in total. The predicted octanol–water partition coefficient (Wildman–Crippen LogP) is 0.942. The number of nitrogens with two attached hydrogens (primary N) is 1. The van der Waals surface area contributed by atoms with E-state index in [0.717, 1.165) is 0 Å². The van der Waals surface area contributed by atoms with E-state index in [1.54, 1.807) is 26.0 Å². The third-order valence-corrected chi connectivity index (χ3v) is 2.92. The highest BCUT2D eigenvalue weighted by Crippen LogP contribution is 2.11. The van der Waals surface area contributed by atoms with Crippen molar-refractivity contribution in [1.29, 1.82) is 5.26 Å². The maximum Gasteiger partial charge on any atom is 0.252 e. The van der Waals surface area contributed by atoms with Gasteiger partial charge < -0.3 is 11.1 Å². The number of nitrogens with zero attached hydrogens (tertiary/aromatic N) is 1. The van der Waals surface area contributed by atoms with Gasteiger partial charge in [-0.3, -0.25) is 9.59 Å². The summed E-state index contributed by atoms with van der Waals surface area (Å²) in [4.78, 5) is 23.2. The van der Waals surface area contributed by atoms with Crippen molar-refractivity contribution in [2.24, 2.45) is 5.73 Å². The van der Waals surface area contributed by atoms with Crippen LogP contribution in [0.1, 0.15) is 36.2 Å². The molecule has 0 spiro atoms. The zero-order chi connectivity index (χ0) is 13.8. The fourth-order valence-electron chi connectivity index (χ4n) is 1.34. The number of rotatable bonds is 4. The first kappa shape index (κ1) is 13.7. The van der Waals surface area contributed by atoms with Crippen LogP contribution in [0.2, 0.25) is 0 Å². The molecule has 1 aromatic carbocycles.